The number of halogens is 3. The zero-order valence-electron chi connectivity index (χ0n) is 15.7. The number of carbonyl (C=O) groups excluding carboxylic acids is 1. The normalized spacial score (nSPS) is 11.7. The Morgan fingerprint density at radius 1 is 1.14 bits per heavy atom. The first-order valence-corrected chi connectivity index (χ1v) is 9.65. The SMILES string of the molecule is CC(C)Sc1ccc(Cc2nnc(NC(=O)c3cccc(C(F)(F)F)c3)o2)cc1. The molecule has 3 rings (SSSR count). The molecule has 1 N–H and O–H groups in total. The van der Waals surface area contributed by atoms with Gasteiger partial charge in [-0.3, -0.25) is 10.1 Å². The van der Waals surface area contributed by atoms with Crippen molar-refractivity contribution in [2.45, 2.75) is 36.6 Å². The van der Waals surface area contributed by atoms with E-state index in [0.29, 0.717) is 11.7 Å². The summed E-state index contributed by atoms with van der Waals surface area (Å²) in [5.41, 5.74) is -0.106. The lowest BCUT2D eigenvalue weighted by Gasteiger charge is -2.07. The van der Waals surface area contributed by atoms with Gasteiger partial charge in [-0.05, 0) is 35.9 Å². The Kier molecular flexibility index (Phi) is 6.26. The van der Waals surface area contributed by atoms with Crippen LogP contribution in [0.5, 0.6) is 0 Å². The summed E-state index contributed by atoms with van der Waals surface area (Å²) in [6.45, 7) is 4.23. The van der Waals surface area contributed by atoms with Crippen molar-refractivity contribution in [3.8, 4) is 0 Å². The minimum atomic E-state index is -4.53. The molecule has 5 nitrogen and oxygen atoms in total. The second-order valence-electron chi connectivity index (χ2n) is 6.52. The second-order valence-corrected chi connectivity index (χ2v) is 8.17. The van der Waals surface area contributed by atoms with Crippen molar-refractivity contribution in [1.29, 1.82) is 0 Å². The molecule has 0 atom stereocenters. The van der Waals surface area contributed by atoms with E-state index in [2.05, 4.69) is 29.4 Å². The zero-order valence-corrected chi connectivity index (χ0v) is 16.5. The Morgan fingerprint density at radius 2 is 1.86 bits per heavy atom. The van der Waals surface area contributed by atoms with Crippen molar-refractivity contribution in [2.24, 2.45) is 0 Å². The van der Waals surface area contributed by atoms with E-state index in [1.54, 1.807) is 11.8 Å². The van der Waals surface area contributed by atoms with Crippen LogP contribution < -0.4 is 5.32 Å². The molecule has 0 spiro atoms. The molecule has 1 heterocycles. The third kappa shape index (κ3) is 5.83. The Morgan fingerprint density at radius 3 is 2.52 bits per heavy atom. The van der Waals surface area contributed by atoms with Crippen LogP contribution in [0.1, 0.15) is 41.2 Å². The lowest BCUT2D eigenvalue weighted by Crippen LogP contribution is -2.14. The monoisotopic (exact) mass is 421 g/mol. The number of amides is 1. The maximum absolute atomic E-state index is 12.8. The van der Waals surface area contributed by atoms with Gasteiger partial charge in [-0.2, -0.15) is 13.2 Å². The van der Waals surface area contributed by atoms with Gasteiger partial charge in [0.2, 0.25) is 5.89 Å². The van der Waals surface area contributed by atoms with Crippen LogP contribution in [0.4, 0.5) is 19.2 Å². The number of thioether (sulfide) groups is 1. The molecule has 3 aromatic rings. The van der Waals surface area contributed by atoms with E-state index in [0.717, 1.165) is 28.7 Å². The molecule has 0 aliphatic heterocycles. The number of anilines is 1. The highest BCUT2D eigenvalue weighted by Gasteiger charge is 2.31. The number of hydrogen-bond donors (Lipinski definition) is 1. The summed E-state index contributed by atoms with van der Waals surface area (Å²) >= 11 is 1.76. The zero-order chi connectivity index (χ0) is 21.0. The van der Waals surface area contributed by atoms with Gasteiger partial charge in [0, 0.05) is 15.7 Å². The van der Waals surface area contributed by atoms with Gasteiger partial charge in [-0.1, -0.05) is 37.1 Å². The highest BCUT2D eigenvalue weighted by atomic mass is 32.2. The molecule has 0 aliphatic carbocycles. The number of alkyl halides is 3. The first-order chi connectivity index (χ1) is 13.7. The summed E-state index contributed by atoms with van der Waals surface area (Å²) in [5.74, 6) is -0.477. The number of aromatic nitrogens is 2. The average molecular weight is 421 g/mol. The molecule has 0 aliphatic rings. The maximum atomic E-state index is 12.8. The molecule has 0 saturated heterocycles. The van der Waals surface area contributed by atoms with Gasteiger partial charge in [0.25, 0.3) is 5.91 Å². The Bertz CT molecular complexity index is 985. The molecule has 0 bridgehead atoms. The van der Waals surface area contributed by atoms with Crippen LogP contribution in [0.15, 0.2) is 57.8 Å². The first kappa shape index (κ1) is 20.9. The molecule has 9 heteroatoms. The van der Waals surface area contributed by atoms with Crippen molar-refractivity contribution in [3.63, 3.8) is 0 Å². The van der Waals surface area contributed by atoms with E-state index >= 15 is 0 Å². The van der Waals surface area contributed by atoms with Crippen LogP contribution in [0.2, 0.25) is 0 Å². The molecule has 1 aromatic heterocycles. The number of nitrogens with zero attached hydrogens (tertiary/aromatic N) is 2. The highest BCUT2D eigenvalue weighted by molar-refractivity contribution is 7.99. The molecule has 0 fully saturated rings. The van der Waals surface area contributed by atoms with Crippen molar-refractivity contribution in [2.75, 3.05) is 5.32 Å². The van der Waals surface area contributed by atoms with E-state index in [1.807, 2.05) is 24.3 Å². The van der Waals surface area contributed by atoms with Crippen LogP contribution in [0.25, 0.3) is 0 Å². The number of benzene rings is 2. The summed E-state index contributed by atoms with van der Waals surface area (Å²) in [5, 5.41) is 10.4. The number of rotatable bonds is 6. The summed E-state index contributed by atoms with van der Waals surface area (Å²) in [4.78, 5) is 13.3. The summed E-state index contributed by atoms with van der Waals surface area (Å²) in [7, 11) is 0. The third-order valence-corrected chi connectivity index (χ3v) is 4.81. The van der Waals surface area contributed by atoms with E-state index in [-0.39, 0.29) is 17.5 Å². The molecular formula is C20H18F3N3O2S. The lowest BCUT2D eigenvalue weighted by atomic mass is 10.1. The van der Waals surface area contributed by atoms with E-state index in [4.69, 9.17) is 4.42 Å². The summed E-state index contributed by atoms with van der Waals surface area (Å²) in [6, 6.07) is 11.9. The standard InChI is InChI=1S/C20H18F3N3O2S/c1-12(2)29-16-8-6-13(7-9-16)10-17-25-26-19(28-17)24-18(27)14-4-3-5-15(11-14)20(21,22)23/h3-9,11-12H,10H2,1-2H3,(H,24,26,27). The molecular weight excluding hydrogens is 403 g/mol. The van der Waals surface area contributed by atoms with E-state index in [9.17, 15) is 18.0 Å². The van der Waals surface area contributed by atoms with Gasteiger partial charge in [0.15, 0.2) is 0 Å². The predicted molar refractivity (Wildman–Crippen MR) is 104 cm³/mol. The predicted octanol–water partition coefficient (Wildman–Crippen LogP) is 5.43. The van der Waals surface area contributed by atoms with Gasteiger partial charge < -0.3 is 4.42 Å². The van der Waals surface area contributed by atoms with Gasteiger partial charge in [-0.25, -0.2) is 0 Å². The summed E-state index contributed by atoms with van der Waals surface area (Å²) in [6.07, 6.45) is -4.16. The first-order valence-electron chi connectivity index (χ1n) is 8.77. The molecule has 2 aromatic carbocycles. The molecule has 1 amide bonds. The maximum Gasteiger partial charge on any atom is 0.416 e. The fourth-order valence-electron chi connectivity index (χ4n) is 2.51. The van der Waals surface area contributed by atoms with Gasteiger partial charge in [0.05, 0.1) is 12.0 Å². The minimum absolute atomic E-state index is 0.155. The topological polar surface area (TPSA) is 68.0 Å². The van der Waals surface area contributed by atoms with Crippen LogP contribution in [0.3, 0.4) is 0 Å². The van der Waals surface area contributed by atoms with E-state index < -0.39 is 17.6 Å². The molecule has 152 valence electrons. The Hall–Kier alpha value is -2.81. The Labute approximate surface area is 169 Å². The molecule has 0 saturated carbocycles. The number of nitrogens with one attached hydrogen (secondary N) is 1. The molecule has 0 unspecified atom stereocenters. The van der Waals surface area contributed by atoms with Crippen LogP contribution in [-0.2, 0) is 12.6 Å². The second kappa shape index (κ2) is 8.69. The minimum Gasteiger partial charge on any atom is -0.407 e. The van der Waals surface area contributed by atoms with Crippen molar-refractivity contribution >= 4 is 23.7 Å². The largest absolute Gasteiger partial charge is 0.416 e. The van der Waals surface area contributed by atoms with Crippen LogP contribution in [-0.4, -0.2) is 21.4 Å². The highest BCUT2D eigenvalue weighted by Crippen LogP contribution is 2.29. The lowest BCUT2D eigenvalue weighted by molar-refractivity contribution is -0.137. The quantitative estimate of drug-likeness (QED) is 0.538. The number of hydrogen-bond acceptors (Lipinski definition) is 5. The summed E-state index contributed by atoms with van der Waals surface area (Å²) < 4.78 is 43.7. The van der Waals surface area contributed by atoms with Crippen LogP contribution in [0, 0.1) is 0 Å². The van der Waals surface area contributed by atoms with Crippen molar-refractivity contribution in [1.82, 2.24) is 10.2 Å². The van der Waals surface area contributed by atoms with E-state index in [1.165, 1.54) is 6.07 Å². The van der Waals surface area contributed by atoms with Gasteiger partial charge in [-0.15, -0.1) is 16.9 Å². The van der Waals surface area contributed by atoms with Crippen molar-refractivity contribution in [3.05, 3.63) is 71.1 Å². The number of carbonyl (C=O) groups is 1. The molecule has 0 radical (unpaired) electrons. The fraction of sp³-hybridized carbons (Fsp3) is 0.250. The smallest absolute Gasteiger partial charge is 0.407 e. The average Bonchev–Trinajstić information content (AvgIpc) is 3.09. The van der Waals surface area contributed by atoms with Crippen LogP contribution >= 0.6 is 11.8 Å². The van der Waals surface area contributed by atoms with Crippen molar-refractivity contribution < 1.29 is 22.4 Å². The van der Waals surface area contributed by atoms with Gasteiger partial charge >= 0.3 is 12.2 Å². The van der Waals surface area contributed by atoms with Gasteiger partial charge in [0.1, 0.15) is 0 Å². The third-order valence-electron chi connectivity index (χ3n) is 3.79. The Balaban J connectivity index is 1.64. The molecule has 29 heavy (non-hydrogen) atoms. The fourth-order valence-corrected chi connectivity index (χ4v) is 3.35.